The molecule has 5 heteroatoms. The fraction of sp³-hybridized carbons (Fsp3) is 0.524. The number of hydrogen-bond donors (Lipinski definition) is 1. The van der Waals surface area contributed by atoms with Gasteiger partial charge in [0.15, 0.2) is 0 Å². The second kappa shape index (κ2) is 8.49. The SMILES string of the molecule is CC(=O)OCc1c(C)cc(C)c(CNC(c2nccn2C)C(C)C)c1C. The Kier molecular flexibility index (Phi) is 6.59. The molecule has 0 aliphatic heterocycles. The van der Waals surface area contributed by atoms with Crippen LogP contribution < -0.4 is 5.32 Å². The molecule has 0 fully saturated rings. The van der Waals surface area contributed by atoms with Crippen LogP contribution in [0.3, 0.4) is 0 Å². The summed E-state index contributed by atoms with van der Waals surface area (Å²) in [6.07, 6.45) is 3.82. The van der Waals surface area contributed by atoms with E-state index in [2.05, 4.69) is 55.6 Å². The van der Waals surface area contributed by atoms with Crippen molar-refractivity contribution in [3.05, 3.63) is 52.1 Å². The minimum absolute atomic E-state index is 0.173. The Bertz CT molecular complexity index is 778. The second-order valence-corrected chi connectivity index (χ2v) is 7.37. The molecule has 1 unspecified atom stereocenters. The molecule has 26 heavy (non-hydrogen) atoms. The van der Waals surface area contributed by atoms with Gasteiger partial charge >= 0.3 is 5.97 Å². The van der Waals surface area contributed by atoms with E-state index in [-0.39, 0.29) is 12.0 Å². The molecule has 0 bridgehead atoms. The predicted molar refractivity (Wildman–Crippen MR) is 104 cm³/mol. The highest BCUT2D eigenvalue weighted by Gasteiger charge is 2.20. The van der Waals surface area contributed by atoms with E-state index in [1.807, 2.05) is 19.4 Å². The molecule has 1 aromatic carbocycles. The topological polar surface area (TPSA) is 56.1 Å². The van der Waals surface area contributed by atoms with Gasteiger partial charge in [0.05, 0.1) is 6.04 Å². The normalized spacial score (nSPS) is 12.5. The summed E-state index contributed by atoms with van der Waals surface area (Å²) in [6, 6.07) is 2.35. The molecule has 5 nitrogen and oxygen atoms in total. The Labute approximate surface area is 156 Å². The van der Waals surface area contributed by atoms with Crippen molar-refractivity contribution in [3.63, 3.8) is 0 Å². The van der Waals surface area contributed by atoms with E-state index >= 15 is 0 Å². The molecule has 1 aromatic heterocycles. The molecule has 0 saturated heterocycles. The maximum absolute atomic E-state index is 11.2. The van der Waals surface area contributed by atoms with E-state index in [9.17, 15) is 4.79 Å². The molecule has 1 heterocycles. The third-order valence-electron chi connectivity index (χ3n) is 5.01. The number of nitrogens with zero attached hydrogens (tertiary/aromatic N) is 2. The van der Waals surface area contributed by atoms with Gasteiger partial charge in [0.1, 0.15) is 12.4 Å². The Hall–Kier alpha value is -2.14. The Morgan fingerprint density at radius 1 is 1.23 bits per heavy atom. The number of esters is 1. The first-order valence-corrected chi connectivity index (χ1v) is 9.14. The molecule has 1 atom stereocenters. The minimum Gasteiger partial charge on any atom is -0.461 e. The smallest absolute Gasteiger partial charge is 0.302 e. The molecule has 1 N–H and O–H groups in total. The van der Waals surface area contributed by atoms with Gasteiger partial charge in [-0.1, -0.05) is 19.9 Å². The number of carbonyl (C=O) groups excluding carboxylic acids is 1. The molecule has 2 rings (SSSR count). The van der Waals surface area contributed by atoms with Gasteiger partial charge < -0.3 is 14.6 Å². The number of benzene rings is 1. The summed E-state index contributed by atoms with van der Waals surface area (Å²) < 4.78 is 7.32. The lowest BCUT2D eigenvalue weighted by Crippen LogP contribution is -2.28. The number of hydrogen-bond acceptors (Lipinski definition) is 4. The summed E-state index contributed by atoms with van der Waals surface area (Å²) in [5.41, 5.74) is 5.97. The molecule has 2 aromatic rings. The highest BCUT2D eigenvalue weighted by atomic mass is 16.5. The number of ether oxygens (including phenoxy) is 1. The maximum atomic E-state index is 11.2. The van der Waals surface area contributed by atoms with Crippen LogP contribution in [0.15, 0.2) is 18.5 Å². The highest BCUT2D eigenvalue weighted by Crippen LogP contribution is 2.25. The van der Waals surface area contributed by atoms with E-state index in [0.717, 1.165) is 23.5 Å². The van der Waals surface area contributed by atoms with Crippen molar-refractivity contribution in [2.45, 2.75) is 60.7 Å². The van der Waals surface area contributed by atoms with Gasteiger partial charge in [-0.05, 0) is 54.5 Å². The van der Waals surface area contributed by atoms with Crippen LogP contribution in [0.4, 0.5) is 0 Å². The van der Waals surface area contributed by atoms with Crippen LogP contribution >= 0.6 is 0 Å². The summed E-state index contributed by atoms with van der Waals surface area (Å²) in [5, 5.41) is 3.68. The number of rotatable bonds is 7. The van der Waals surface area contributed by atoms with Crippen molar-refractivity contribution in [1.82, 2.24) is 14.9 Å². The molecule has 0 radical (unpaired) electrons. The van der Waals surface area contributed by atoms with E-state index in [0.29, 0.717) is 12.5 Å². The number of imidazole rings is 1. The minimum atomic E-state index is -0.251. The Morgan fingerprint density at radius 3 is 2.42 bits per heavy atom. The molecule has 0 spiro atoms. The van der Waals surface area contributed by atoms with Crippen LogP contribution in [0.5, 0.6) is 0 Å². The first-order chi connectivity index (χ1) is 12.2. The fourth-order valence-corrected chi connectivity index (χ4v) is 3.45. The molecule has 0 saturated carbocycles. The van der Waals surface area contributed by atoms with Crippen molar-refractivity contribution >= 4 is 5.97 Å². The van der Waals surface area contributed by atoms with Crippen LogP contribution in [-0.4, -0.2) is 15.5 Å². The summed E-state index contributed by atoms with van der Waals surface area (Å²) in [6.45, 7) is 13.2. The van der Waals surface area contributed by atoms with E-state index in [1.54, 1.807) is 0 Å². The molecular weight excluding hydrogens is 326 g/mol. The van der Waals surface area contributed by atoms with Gasteiger partial charge in [0, 0.05) is 32.9 Å². The van der Waals surface area contributed by atoms with Gasteiger partial charge in [0.25, 0.3) is 0 Å². The highest BCUT2D eigenvalue weighted by molar-refractivity contribution is 5.66. The first-order valence-electron chi connectivity index (χ1n) is 9.14. The van der Waals surface area contributed by atoms with Crippen molar-refractivity contribution < 1.29 is 9.53 Å². The summed E-state index contributed by atoms with van der Waals surface area (Å²) in [4.78, 5) is 15.7. The lowest BCUT2D eigenvalue weighted by Gasteiger charge is -2.24. The van der Waals surface area contributed by atoms with Gasteiger partial charge in [-0.25, -0.2) is 4.98 Å². The molecule has 0 aliphatic rings. The predicted octanol–water partition coefficient (Wildman–Crippen LogP) is 3.90. The van der Waals surface area contributed by atoms with Crippen molar-refractivity contribution in [1.29, 1.82) is 0 Å². The van der Waals surface area contributed by atoms with Crippen molar-refractivity contribution in [2.24, 2.45) is 13.0 Å². The van der Waals surface area contributed by atoms with E-state index in [4.69, 9.17) is 4.74 Å². The second-order valence-electron chi connectivity index (χ2n) is 7.37. The quantitative estimate of drug-likeness (QED) is 0.764. The standard InChI is InChI=1S/C21H31N3O2/c1-13(2)20(21-22-8-9-24(21)7)23-11-18-14(3)10-15(4)19(16(18)5)12-26-17(6)25/h8-10,13,20,23H,11-12H2,1-7H3. The first kappa shape index (κ1) is 20.2. The third kappa shape index (κ3) is 4.52. The van der Waals surface area contributed by atoms with Gasteiger partial charge in [-0.15, -0.1) is 0 Å². The number of carbonyl (C=O) groups is 1. The largest absolute Gasteiger partial charge is 0.461 e. The molecular formula is C21H31N3O2. The lowest BCUT2D eigenvalue weighted by molar-refractivity contribution is -0.142. The van der Waals surface area contributed by atoms with Crippen molar-refractivity contribution in [3.8, 4) is 0 Å². The van der Waals surface area contributed by atoms with Crippen LogP contribution in [0.25, 0.3) is 0 Å². The average molecular weight is 357 g/mol. The lowest BCUT2D eigenvalue weighted by atomic mass is 9.93. The Morgan fingerprint density at radius 2 is 1.88 bits per heavy atom. The van der Waals surface area contributed by atoms with Gasteiger partial charge in [0.2, 0.25) is 0 Å². The van der Waals surface area contributed by atoms with Gasteiger partial charge in [-0.3, -0.25) is 4.79 Å². The number of aryl methyl sites for hydroxylation is 3. The fourth-order valence-electron chi connectivity index (χ4n) is 3.45. The van der Waals surface area contributed by atoms with Crippen molar-refractivity contribution in [2.75, 3.05) is 0 Å². The van der Waals surface area contributed by atoms with E-state index in [1.165, 1.54) is 23.6 Å². The van der Waals surface area contributed by atoms with E-state index < -0.39 is 0 Å². The maximum Gasteiger partial charge on any atom is 0.302 e. The van der Waals surface area contributed by atoms with Crippen LogP contribution in [0.2, 0.25) is 0 Å². The molecule has 142 valence electrons. The van der Waals surface area contributed by atoms with Crippen LogP contribution in [0.1, 0.15) is 60.5 Å². The van der Waals surface area contributed by atoms with Crippen LogP contribution in [0, 0.1) is 26.7 Å². The average Bonchev–Trinajstić information content (AvgIpc) is 2.95. The zero-order valence-corrected chi connectivity index (χ0v) is 17.0. The van der Waals surface area contributed by atoms with Gasteiger partial charge in [-0.2, -0.15) is 0 Å². The summed E-state index contributed by atoms with van der Waals surface area (Å²) in [5.74, 6) is 1.21. The van der Waals surface area contributed by atoms with Crippen LogP contribution in [-0.2, 0) is 29.7 Å². The number of nitrogens with one attached hydrogen (secondary N) is 1. The number of aromatic nitrogens is 2. The Balaban J connectivity index is 2.26. The summed E-state index contributed by atoms with van der Waals surface area (Å²) >= 11 is 0. The zero-order chi connectivity index (χ0) is 19.4. The zero-order valence-electron chi connectivity index (χ0n) is 17.0. The monoisotopic (exact) mass is 357 g/mol. The molecule has 0 amide bonds. The summed E-state index contributed by atoms with van der Waals surface area (Å²) in [7, 11) is 2.03. The molecule has 0 aliphatic carbocycles. The third-order valence-corrected chi connectivity index (χ3v) is 5.01.